The summed E-state index contributed by atoms with van der Waals surface area (Å²) >= 11 is 0. The first kappa shape index (κ1) is 20.9. The number of carboxylic acids is 2. The number of nitrogens with one attached hydrogen (secondary N) is 1. The molecule has 0 radical (unpaired) electrons. The third-order valence-corrected chi connectivity index (χ3v) is 4.00. The summed E-state index contributed by atoms with van der Waals surface area (Å²) in [6, 6.07) is 11.8. The van der Waals surface area contributed by atoms with E-state index < -0.39 is 33.9 Å². The van der Waals surface area contributed by atoms with Gasteiger partial charge >= 0.3 is 11.9 Å². The zero-order valence-electron chi connectivity index (χ0n) is 15.5. The molecule has 3 N–H and O–H groups in total. The van der Waals surface area contributed by atoms with Crippen molar-refractivity contribution in [2.45, 2.75) is 0 Å². The first-order valence-electron chi connectivity index (χ1n) is 8.55. The van der Waals surface area contributed by atoms with Crippen molar-refractivity contribution in [3.8, 4) is 11.5 Å². The molecule has 3 rings (SSSR count). The minimum atomic E-state index is -1.44. The summed E-state index contributed by atoms with van der Waals surface area (Å²) in [5.41, 5.74) is -1.18. The number of para-hydroxylation sites is 2. The highest BCUT2D eigenvalue weighted by molar-refractivity contribution is 6.04. The van der Waals surface area contributed by atoms with Gasteiger partial charge < -0.3 is 20.3 Å². The van der Waals surface area contributed by atoms with Crippen LogP contribution in [0.2, 0.25) is 0 Å². The minimum absolute atomic E-state index is 0.0255. The molecule has 1 aromatic heterocycles. The van der Waals surface area contributed by atoms with E-state index in [9.17, 15) is 29.6 Å². The minimum Gasteiger partial charge on any atom is -0.478 e. The number of pyridine rings is 1. The standard InChI is InChI=1S/C20H13N3O8/c24-18(16-9-11(23(29)30)7-8-21-16)22-15-3-1-2-4-17(15)31-12-5-6-13(19(25)26)14(10-12)20(27)28/h1-10H,(H,22,24)(H,25,26)(H,27,28). The Morgan fingerprint density at radius 1 is 0.968 bits per heavy atom. The maximum atomic E-state index is 12.5. The molecule has 1 amide bonds. The normalized spacial score (nSPS) is 10.2. The highest BCUT2D eigenvalue weighted by Crippen LogP contribution is 2.31. The Labute approximate surface area is 173 Å². The predicted octanol–water partition coefficient (Wildman–Crippen LogP) is 3.43. The Morgan fingerprint density at radius 3 is 2.35 bits per heavy atom. The van der Waals surface area contributed by atoms with Gasteiger partial charge in [0.1, 0.15) is 11.4 Å². The van der Waals surface area contributed by atoms with E-state index in [2.05, 4.69) is 10.3 Å². The van der Waals surface area contributed by atoms with Gasteiger partial charge in [0.2, 0.25) is 0 Å². The number of carboxylic acid groups (broad SMARTS) is 2. The summed E-state index contributed by atoms with van der Waals surface area (Å²) in [5, 5.41) is 31.7. The van der Waals surface area contributed by atoms with Crippen molar-refractivity contribution < 1.29 is 34.3 Å². The maximum Gasteiger partial charge on any atom is 0.336 e. The van der Waals surface area contributed by atoms with Crippen LogP contribution < -0.4 is 10.1 Å². The summed E-state index contributed by atoms with van der Waals surface area (Å²) in [6.45, 7) is 0. The molecule has 0 saturated heterocycles. The first-order chi connectivity index (χ1) is 14.8. The van der Waals surface area contributed by atoms with Crippen LogP contribution >= 0.6 is 0 Å². The second-order valence-corrected chi connectivity index (χ2v) is 6.03. The van der Waals surface area contributed by atoms with Gasteiger partial charge in [-0.3, -0.25) is 19.9 Å². The van der Waals surface area contributed by atoms with Gasteiger partial charge in [0.05, 0.1) is 21.7 Å². The topological polar surface area (TPSA) is 169 Å². The lowest BCUT2D eigenvalue weighted by Crippen LogP contribution is -2.14. The molecule has 31 heavy (non-hydrogen) atoms. The van der Waals surface area contributed by atoms with Crippen molar-refractivity contribution in [2.24, 2.45) is 0 Å². The van der Waals surface area contributed by atoms with Crippen LogP contribution in [-0.4, -0.2) is 38.0 Å². The monoisotopic (exact) mass is 423 g/mol. The molecule has 0 spiro atoms. The molecular formula is C20H13N3O8. The zero-order valence-corrected chi connectivity index (χ0v) is 15.5. The lowest BCUT2D eigenvalue weighted by atomic mass is 10.1. The highest BCUT2D eigenvalue weighted by atomic mass is 16.6. The number of nitrogens with zero attached hydrogens (tertiary/aromatic N) is 2. The van der Waals surface area contributed by atoms with Crippen LogP contribution in [0.4, 0.5) is 11.4 Å². The van der Waals surface area contributed by atoms with Gasteiger partial charge in [0.25, 0.3) is 11.6 Å². The molecule has 0 atom stereocenters. The van der Waals surface area contributed by atoms with E-state index >= 15 is 0 Å². The van der Waals surface area contributed by atoms with Gasteiger partial charge in [-0.2, -0.15) is 0 Å². The number of rotatable bonds is 7. The largest absolute Gasteiger partial charge is 0.478 e. The van der Waals surface area contributed by atoms with E-state index in [4.69, 9.17) is 9.84 Å². The van der Waals surface area contributed by atoms with E-state index in [-0.39, 0.29) is 28.6 Å². The van der Waals surface area contributed by atoms with Gasteiger partial charge in [-0.1, -0.05) is 12.1 Å². The molecular weight excluding hydrogens is 410 g/mol. The summed E-state index contributed by atoms with van der Waals surface area (Å²) in [6.07, 6.45) is 1.13. The van der Waals surface area contributed by atoms with Crippen LogP contribution in [0, 0.1) is 10.1 Å². The molecule has 156 valence electrons. The fourth-order valence-electron chi connectivity index (χ4n) is 2.58. The Hall–Kier alpha value is -4.80. The summed E-state index contributed by atoms with van der Waals surface area (Å²) in [5.74, 6) is -3.42. The van der Waals surface area contributed by atoms with E-state index in [0.29, 0.717) is 0 Å². The number of anilines is 1. The number of hydrogen-bond donors (Lipinski definition) is 3. The molecule has 0 aliphatic heterocycles. The van der Waals surface area contributed by atoms with Crippen LogP contribution in [0.15, 0.2) is 60.8 Å². The number of nitro groups is 1. The third-order valence-electron chi connectivity index (χ3n) is 4.00. The molecule has 0 aliphatic rings. The number of ether oxygens (including phenoxy) is 1. The van der Waals surface area contributed by atoms with Crippen molar-refractivity contribution in [1.29, 1.82) is 0 Å². The smallest absolute Gasteiger partial charge is 0.336 e. The molecule has 3 aromatic rings. The Bertz CT molecular complexity index is 1210. The Morgan fingerprint density at radius 2 is 1.68 bits per heavy atom. The first-order valence-corrected chi connectivity index (χ1v) is 8.55. The number of carbonyl (C=O) groups excluding carboxylic acids is 1. The van der Waals surface area contributed by atoms with Crippen LogP contribution in [0.5, 0.6) is 11.5 Å². The quantitative estimate of drug-likeness (QED) is 0.380. The Balaban J connectivity index is 1.88. The number of aromatic carboxylic acids is 2. The molecule has 2 aromatic carbocycles. The SMILES string of the molecule is O=C(Nc1ccccc1Oc1ccc(C(=O)O)c(C(=O)O)c1)c1cc([N+](=O)[O-])ccn1. The fraction of sp³-hybridized carbons (Fsp3) is 0. The van der Waals surface area contributed by atoms with E-state index in [1.807, 2.05) is 0 Å². The third kappa shape index (κ3) is 4.79. The average Bonchev–Trinajstić information content (AvgIpc) is 2.74. The molecule has 0 unspecified atom stereocenters. The van der Waals surface area contributed by atoms with Gasteiger partial charge in [-0.25, -0.2) is 9.59 Å². The lowest BCUT2D eigenvalue weighted by molar-refractivity contribution is -0.385. The summed E-state index contributed by atoms with van der Waals surface area (Å²) in [4.78, 5) is 49.0. The second kappa shape index (κ2) is 8.69. The second-order valence-electron chi connectivity index (χ2n) is 6.03. The predicted molar refractivity (Wildman–Crippen MR) is 106 cm³/mol. The zero-order chi connectivity index (χ0) is 22.5. The molecule has 0 saturated carbocycles. The molecule has 11 heteroatoms. The van der Waals surface area contributed by atoms with Gasteiger partial charge in [0.15, 0.2) is 5.75 Å². The number of amides is 1. The molecule has 0 fully saturated rings. The van der Waals surface area contributed by atoms with Crippen LogP contribution in [0.25, 0.3) is 0 Å². The van der Waals surface area contributed by atoms with Crippen molar-refractivity contribution in [1.82, 2.24) is 4.98 Å². The van der Waals surface area contributed by atoms with Crippen molar-refractivity contribution in [3.63, 3.8) is 0 Å². The van der Waals surface area contributed by atoms with Crippen molar-refractivity contribution >= 4 is 29.2 Å². The van der Waals surface area contributed by atoms with Crippen LogP contribution in [0.3, 0.4) is 0 Å². The number of benzene rings is 2. The molecule has 0 bridgehead atoms. The highest BCUT2D eigenvalue weighted by Gasteiger charge is 2.18. The summed E-state index contributed by atoms with van der Waals surface area (Å²) < 4.78 is 5.63. The van der Waals surface area contributed by atoms with E-state index in [1.165, 1.54) is 18.2 Å². The average molecular weight is 423 g/mol. The molecule has 11 nitrogen and oxygen atoms in total. The van der Waals surface area contributed by atoms with Gasteiger partial charge in [0, 0.05) is 18.3 Å². The van der Waals surface area contributed by atoms with Gasteiger partial charge in [-0.15, -0.1) is 0 Å². The molecule has 1 heterocycles. The fourth-order valence-corrected chi connectivity index (χ4v) is 2.58. The van der Waals surface area contributed by atoms with Crippen molar-refractivity contribution in [2.75, 3.05) is 5.32 Å². The van der Waals surface area contributed by atoms with Crippen LogP contribution in [-0.2, 0) is 0 Å². The number of aromatic nitrogens is 1. The van der Waals surface area contributed by atoms with Gasteiger partial charge in [-0.05, 0) is 30.3 Å². The van der Waals surface area contributed by atoms with Crippen molar-refractivity contribution in [3.05, 3.63) is 87.7 Å². The summed E-state index contributed by atoms with van der Waals surface area (Å²) in [7, 11) is 0. The number of hydrogen-bond acceptors (Lipinski definition) is 7. The lowest BCUT2D eigenvalue weighted by Gasteiger charge is -2.13. The van der Waals surface area contributed by atoms with Crippen LogP contribution in [0.1, 0.15) is 31.2 Å². The Kier molecular flexibility index (Phi) is 5.87. The number of carbonyl (C=O) groups is 3. The maximum absolute atomic E-state index is 12.5. The van der Waals surface area contributed by atoms with E-state index in [0.717, 1.165) is 30.5 Å². The molecule has 0 aliphatic carbocycles. The van der Waals surface area contributed by atoms with E-state index in [1.54, 1.807) is 12.1 Å².